The van der Waals surface area contributed by atoms with Gasteiger partial charge in [0.05, 0.1) is 20.7 Å². The van der Waals surface area contributed by atoms with E-state index in [9.17, 15) is 9.46 Å². The van der Waals surface area contributed by atoms with Gasteiger partial charge in [0.2, 0.25) is 0 Å². The Morgan fingerprint density at radius 1 is 0.897 bits per heavy atom. The molecular weight excluding hydrogens is 385 g/mol. The van der Waals surface area contributed by atoms with E-state index in [1.165, 1.54) is 55.2 Å². The predicted octanol–water partition coefficient (Wildman–Crippen LogP) is 4.25. The zero-order valence-electron chi connectivity index (χ0n) is 19.6. The van der Waals surface area contributed by atoms with Gasteiger partial charge < -0.3 is 18.8 Å². The van der Waals surface area contributed by atoms with E-state index in [2.05, 4.69) is 45.9 Å². The van der Waals surface area contributed by atoms with Gasteiger partial charge in [0.25, 0.3) is 7.82 Å². The lowest BCUT2D eigenvalue weighted by Crippen LogP contribution is -3.06. The molecule has 0 heterocycles. The van der Waals surface area contributed by atoms with Gasteiger partial charge in [-0.3, -0.25) is 4.57 Å². The molecule has 0 amide bonds. The van der Waals surface area contributed by atoms with Crippen LogP contribution in [0.5, 0.6) is 0 Å². The predicted molar refractivity (Wildman–Crippen MR) is 120 cm³/mol. The fourth-order valence-corrected chi connectivity index (χ4v) is 3.41. The standard InChI is InChI=1S/C15H26NO4P.C8H18/c1-13-7-8-15(12-14(13)2)6-5-10-19-21(17,18)20-11-9-16(3)4;1-3-5-7-8-6-4-2/h7-8,12H,5-6,9-11H2,1-4H3,(H,17,18);3-8H2,1-2H3. The molecule has 0 spiro atoms. The number of unbranched alkanes of at least 4 members (excludes halogenated alkanes) is 5. The number of hydrogen-bond acceptors (Lipinski definition) is 4. The van der Waals surface area contributed by atoms with E-state index in [0.29, 0.717) is 13.0 Å². The highest BCUT2D eigenvalue weighted by Crippen LogP contribution is 2.37. The molecule has 1 N–H and O–H groups in total. The fraction of sp³-hybridized carbons (Fsp3) is 0.739. The van der Waals surface area contributed by atoms with Gasteiger partial charge in [-0.05, 0) is 43.4 Å². The van der Waals surface area contributed by atoms with Crippen molar-refractivity contribution < 1.29 is 23.4 Å². The zero-order valence-corrected chi connectivity index (χ0v) is 20.5. The average Bonchev–Trinajstić information content (AvgIpc) is 2.65. The van der Waals surface area contributed by atoms with Crippen LogP contribution in [-0.2, 0) is 20.0 Å². The maximum absolute atomic E-state index is 11.5. The molecule has 5 nitrogen and oxygen atoms in total. The van der Waals surface area contributed by atoms with E-state index in [4.69, 9.17) is 9.05 Å². The topological polar surface area (TPSA) is 63.0 Å². The Morgan fingerprint density at radius 2 is 1.48 bits per heavy atom. The summed E-state index contributed by atoms with van der Waals surface area (Å²) in [6.07, 6.45) is 9.93. The molecule has 0 aliphatic rings. The molecule has 6 heteroatoms. The molecule has 29 heavy (non-hydrogen) atoms. The van der Waals surface area contributed by atoms with E-state index < -0.39 is 7.82 Å². The van der Waals surface area contributed by atoms with Crippen molar-refractivity contribution in [2.24, 2.45) is 0 Å². The van der Waals surface area contributed by atoms with Gasteiger partial charge in [-0.25, -0.2) is 0 Å². The molecule has 0 saturated heterocycles. The molecule has 1 unspecified atom stereocenters. The lowest BCUT2D eigenvalue weighted by Gasteiger charge is -2.22. The lowest BCUT2D eigenvalue weighted by atomic mass is 10.0. The SMILES string of the molecule is CCCCCCCC.Cc1ccc(CCCOP(=O)([O-])OCC[NH+](C)C)cc1C. The van der Waals surface area contributed by atoms with Crippen molar-refractivity contribution in [2.45, 2.75) is 79.1 Å². The normalized spacial score (nSPS) is 13.1. The largest absolute Gasteiger partial charge is 0.756 e. The minimum absolute atomic E-state index is 0.153. The lowest BCUT2D eigenvalue weighted by molar-refractivity contribution is -0.858. The number of likely N-dealkylation sites (N-methyl/N-ethyl adjacent to an activating group) is 1. The Balaban J connectivity index is 0.000000828. The summed E-state index contributed by atoms with van der Waals surface area (Å²) in [4.78, 5) is 12.6. The Hall–Kier alpha value is -0.710. The van der Waals surface area contributed by atoms with Crippen molar-refractivity contribution >= 4 is 7.82 Å². The maximum Gasteiger partial charge on any atom is 0.268 e. The first kappa shape index (κ1) is 28.3. The Labute approximate surface area is 179 Å². The highest BCUT2D eigenvalue weighted by Gasteiger charge is 2.10. The van der Waals surface area contributed by atoms with Gasteiger partial charge in [-0.1, -0.05) is 70.6 Å². The molecule has 170 valence electrons. The van der Waals surface area contributed by atoms with E-state index in [1.54, 1.807) is 0 Å². The number of phosphoric ester groups is 1. The van der Waals surface area contributed by atoms with Crippen LogP contribution >= 0.6 is 7.82 Å². The van der Waals surface area contributed by atoms with Gasteiger partial charge in [-0.15, -0.1) is 0 Å². The summed E-state index contributed by atoms with van der Waals surface area (Å²) in [7, 11) is -0.283. The summed E-state index contributed by atoms with van der Waals surface area (Å²) < 4.78 is 21.1. The molecule has 1 atom stereocenters. The van der Waals surface area contributed by atoms with E-state index in [0.717, 1.165) is 11.3 Å². The third-order valence-corrected chi connectivity index (χ3v) is 5.74. The van der Waals surface area contributed by atoms with Crippen LogP contribution in [0.15, 0.2) is 18.2 Å². The molecule has 0 fully saturated rings. The Kier molecular flexibility index (Phi) is 16.6. The summed E-state index contributed by atoms with van der Waals surface area (Å²) in [5.41, 5.74) is 3.70. The number of phosphoric acid groups is 1. The van der Waals surface area contributed by atoms with Gasteiger partial charge in [0, 0.05) is 0 Å². The zero-order chi connectivity index (χ0) is 22.1. The minimum Gasteiger partial charge on any atom is -0.756 e. The summed E-state index contributed by atoms with van der Waals surface area (Å²) >= 11 is 0. The van der Waals surface area contributed by atoms with Crippen molar-refractivity contribution in [3.63, 3.8) is 0 Å². The molecule has 0 radical (unpaired) electrons. The van der Waals surface area contributed by atoms with Crippen LogP contribution in [0, 0.1) is 13.8 Å². The molecule has 0 aliphatic heterocycles. The van der Waals surface area contributed by atoms with Crippen LogP contribution in [0.1, 0.15) is 75.5 Å². The Bertz CT molecular complexity index is 572. The van der Waals surface area contributed by atoms with Crippen molar-refractivity contribution in [3.05, 3.63) is 34.9 Å². The third-order valence-electron chi connectivity index (χ3n) is 4.74. The third kappa shape index (κ3) is 16.7. The average molecular weight is 430 g/mol. The maximum atomic E-state index is 11.5. The fourth-order valence-electron chi connectivity index (χ4n) is 2.66. The van der Waals surface area contributed by atoms with Gasteiger partial charge >= 0.3 is 0 Å². The molecule has 0 aromatic heterocycles. The molecule has 1 rings (SSSR count). The van der Waals surface area contributed by atoms with E-state index in [-0.39, 0.29) is 13.2 Å². The first-order valence-electron chi connectivity index (χ1n) is 11.2. The van der Waals surface area contributed by atoms with Crippen LogP contribution in [0.4, 0.5) is 0 Å². The van der Waals surface area contributed by atoms with E-state index >= 15 is 0 Å². The van der Waals surface area contributed by atoms with Crippen molar-refractivity contribution in [2.75, 3.05) is 33.9 Å². The smallest absolute Gasteiger partial charge is 0.268 e. The number of quaternary nitrogens is 1. The van der Waals surface area contributed by atoms with E-state index in [1.807, 2.05) is 14.1 Å². The molecule has 1 aromatic carbocycles. The van der Waals surface area contributed by atoms with Crippen molar-refractivity contribution in [1.29, 1.82) is 0 Å². The first-order valence-corrected chi connectivity index (χ1v) is 12.6. The minimum atomic E-state index is -4.15. The van der Waals surface area contributed by atoms with Crippen LogP contribution in [0.25, 0.3) is 0 Å². The molecule has 0 aliphatic carbocycles. The second-order valence-corrected chi connectivity index (χ2v) is 9.42. The summed E-state index contributed by atoms with van der Waals surface area (Å²) in [5.74, 6) is 0. The number of hydrogen-bond donors (Lipinski definition) is 1. The molecule has 1 aromatic rings. The molecular formula is C23H44NO4P. The summed E-state index contributed by atoms with van der Waals surface area (Å²) in [6, 6.07) is 6.27. The van der Waals surface area contributed by atoms with Gasteiger partial charge in [-0.2, -0.15) is 0 Å². The number of benzene rings is 1. The van der Waals surface area contributed by atoms with Crippen molar-refractivity contribution in [3.8, 4) is 0 Å². The highest BCUT2D eigenvalue weighted by atomic mass is 31.2. The number of rotatable bonds is 14. The molecule has 0 saturated carbocycles. The second-order valence-electron chi connectivity index (χ2n) is 8.01. The quantitative estimate of drug-likeness (QED) is 0.355. The van der Waals surface area contributed by atoms with Gasteiger partial charge in [0.1, 0.15) is 13.2 Å². The number of aryl methyl sites for hydroxylation is 3. The molecule has 0 bridgehead atoms. The monoisotopic (exact) mass is 429 g/mol. The summed E-state index contributed by atoms with van der Waals surface area (Å²) in [5, 5.41) is 0. The summed E-state index contributed by atoms with van der Waals surface area (Å²) in [6.45, 7) is 9.59. The first-order chi connectivity index (χ1) is 13.7. The van der Waals surface area contributed by atoms with Crippen LogP contribution < -0.4 is 9.79 Å². The number of nitrogens with one attached hydrogen (secondary N) is 1. The Morgan fingerprint density at radius 3 is 2.00 bits per heavy atom. The van der Waals surface area contributed by atoms with Crippen molar-refractivity contribution in [1.82, 2.24) is 0 Å². The van der Waals surface area contributed by atoms with Gasteiger partial charge in [0.15, 0.2) is 0 Å². The highest BCUT2D eigenvalue weighted by molar-refractivity contribution is 7.45. The van der Waals surface area contributed by atoms with Crippen LogP contribution in [0.2, 0.25) is 0 Å². The van der Waals surface area contributed by atoms with Crippen LogP contribution in [-0.4, -0.2) is 33.9 Å². The second kappa shape index (κ2) is 17.0. The van der Waals surface area contributed by atoms with Crippen LogP contribution in [0.3, 0.4) is 0 Å².